The van der Waals surface area contributed by atoms with Gasteiger partial charge in [-0.25, -0.2) is 9.59 Å². The lowest BCUT2D eigenvalue weighted by atomic mass is 10.1. The van der Waals surface area contributed by atoms with Gasteiger partial charge in [-0.1, -0.05) is 88.1 Å². The molecule has 0 aliphatic carbocycles. The summed E-state index contributed by atoms with van der Waals surface area (Å²) in [4.78, 5) is 95.8. The molecule has 23 heteroatoms. The van der Waals surface area contributed by atoms with Gasteiger partial charge in [0.05, 0.1) is 47.0 Å². The Morgan fingerprint density at radius 3 is 1.56 bits per heavy atom. The van der Waals surface area contributed by atoms with E-state index >= 15 is 0 Å². The zero-order valence-electron chi connectivity index (χ0n) is 36.9. The maximum atomic E-state index is 13.1. The minimum Gasteiger partial charge on any atom is -0.466 e. The second kappa shape index (κ2) is 21.9. The van der Waals surface area contributed by atoms with Gasteiger partial charge >= 0.3 is 17.5 Å². The number of benzene rings is 5. The van der Waals surface area contributed by atoms with E-state index in [-0.39, 0.29) is 42.2 Å². The van der Waals surface area contributed by atoms with Crippen molar-refractivity contribution in [3.63, 3.8) is 0 Å². The van der Waals surface area contributed by atoms with Crippen molar-refractivity contribution in [2.75, 3.05) is 34.5 Å². The van der Waals surface area contributed by atoms with Gasteiger partial charge in [0.2, 0.25) is 11.8 Å². The molecule has 8 N–H and O–H groups in total. The van der Waals surface area contributed by atoms with Crippen LogP contribution in [0, 0.1) is 0 Å². The molecule has 0 spiro atoms. The molecule has 0 bridgehead atoms. The highest BCUT2D eigenvalue weighted by molar-refractivity contribution is 6.31. The predicted octanol–water partition coefficient (Wildman–Crippen LogP) is 7.88. The van der Waals surface area contributed by atoms with Crippen LogP contribution in [-0.4, -0.2) is 73.1 Å². The first-order valence-corrected chi connectivity index (χ1v) is 22.0. The van der Waals surface area contributed by atoms with Crippen molar-refractivity contribution in [3.05, 3.63) is 163 Å². The van der Waals surface area contributed by atoms with Crippen molar-refractivity contribution >= 4 is 97.4 Å². The fourth-order valence-electron chi connectivity index (χ4n) is 7.04. The monoisotopic (exact) mass is 1000 g/mol. The Bertz CT molecular complexity index is 3560. The second-order valence-corrected chi connectivity index (χ2v) is 16.0. The first kappa shape index (κ1) is 48.4. The largest absolute Gasteiger partial charge is 0.466 e. The molecule has 9 rings (SSSR count). The number of rotatable bonds is 15. The molecule has 4 heterocycles. The number of fused-ring (bicyclic) bond motifs is 2. The number of esters is 1. The summed E-state index contributed by atoms with van der Waals surface area (Å²) >= 11 is 12.1. The molecule has 0 radical (unpaired) electrons. The highest BCUT2D eigenvalue weighted by Crippen LogP contribution is 2.32. The van der Waals surface area contributed by atoms with E-state index < -0.39 is 41.6 Å². The van der Waals surface area contributed by atoms with E-state index in [0.717, 1.165) is 10.9 Å². The quantitative estimate of drug-likeness (QED) is 0.0358. The van der Waals surface area contributed by atoms with Gasteiger partial charge < -0.3 is 40.7 Å². The summed E-state index contributed by atoms with van der Waals surface area (Å²) < 4.78 is 19.4. The Morgan fingerprint density at radius 1 is 0.577 bits per heavy atom. The van der Waals surface area contributed by atoms with Crippen molar-refractivity contribution in [2.45, 2.75) is 20.0 Å². The number of H-pyrrole nitrogens is 4. The second-order valence-electron chi connectivity index (χ2n) is 15.1. The van der Waals surface area contributed by atoms with Crippen LogP contribution in [0.5, 0.6) is 0 Å². The molecular weight excluding hydrogens is 963 g/mol. The topological polar surface area (TPSA) is 301 Å². The molecule has 4 aromatic heterocycles. The molecule has 0 fully saturated rings. The van der Waals surface area contributed by atoms with Gasteiger partial charge in [0.25, 0.3) is 11.8 Å². The van der Waals surface area contributed by atoms with Crippen LogP contribution in [0.4, 0.5) is 22.7 Å². The Hall–Kier alpha value is -9.05. The lowest BCUT2D eigenvalue weighted by molar-refractivity contribution is -0.145. The Morgan fingerprint density at radius 2 is 1.08 bits per heavy atom. The number of ether oxygens (including phenoxy) is 2. The van der Waals surface area contributed by atoms with Gasteiger partial charge in [-0.2, -0.15) is 0 Å². The molecule has 21 nitrogen and oxygen atoms in total. The highest BCUT2D eigenvalue weighted by atomic mass is 35.5. The van der Waals surface area contributed by atoms with Crippen LogP contribution in [0.3, 0.4) is 0 Å². The Labute approximate surface area is 409 Å². The minimum atomic E-state index is -0.750. The van der Waals surface area contributed by atoms with Crippen molar-refractivity contribution in [1.82, 2.24) is 30.2 Å². The van der Waals surface area contributed by atoms with Crippen LogP contribution >= 0.6 is 23.2 Å². The molecule has 0 aliphatic rings. The summed E-state index contributed by atoms with van der Waals surface area (Å²) in [5, 5.41) is 20.4. The zero-order chi connectivity index (χ0) is 50.0. The smallest absolute Gasteiger partial charge is 0.439 e. The molecule has 9 aromatic rings. The summed E-state index contributed by atoms with van der Waals surface area (Å²) in [6.07, 6.45) is -0.429. The number of anilines is 4. The molecule has 71 heavy (non-hydrogen) atoms. The summed E-state index contributed by atoms with van der Waals surface area (Å²) in [5.41, 5.74) is 4.86. The number of nitrogens with one attached hydrogen (secondary N) is 8. The SMILES string of the molecule is CCOC(=O)CC(=O)Nc1cccc2cc(C(=O)Nc3ccc(Cl)cc3-c3noc(=O)[nH]3)[nH]c12.O=C(COCc1ccccc1)Nc1cccc2cc(C(=O)Nc3ccc(Cl)cc3-c3noc(=O)[nH]3)[nH]c12. The van der Waals surface area contributed by atoms with Crippen molar-refractivity contribution in [1.29, 1.82) is 0 Å². The number of nitrogens with zero attached hydrogens (tertiary/aromatic N) is 2. The van der Waals surface area contributed by atoms with E-state index in [1.54, 1.807) is 79.7 Å². The van der Waals surface area contributed by atoms with Crippen LogP contribution in [0.1, 0.15) is 39.9 Å². The molecule has 360 valence electrons. The molecular formula is C48H38Cl2N10O11. The van der Waals surface area contributed by atoms with Gasteiger partial charge in [0, 0.05) is 31.9 Å². The molecule has 0 atom stereocenters. The first-order valence-electron chi connectivity index (χ1n) is 21.2. The van der Waals surface area contributed by atoms with E-state index in [0.29, 0.717) is 66.9 Å². The van der Waals surface area contributed by atoms with E-state index in [1.165, 1.54) is 6.07 Å². The van der Waals surface area contributed by atoms with Gasteiger partial charge in [-0.05, 0) is 73.2 Å². The Balaban J connectivity index is 0.000000191. The molecule has 4 amide bonds. The van der Waals surface area contributed by atoms with E-state index in [4.69, 9.17) is 32.7 Å². The van der Waals surface area contributed by atoms with Crippen LogP contribution in [-0.2, 0) is 30.5 Å². The number of carbonyl (C=O) groups excluding carboxylic acids is 5. The third-order valence-electron chi connectivity index (χ3n) is 10.2. The fraction of sp³-hybridized carbons (Fsp3) is 0.104. The van der Waals surface area contributed by atoms with Crippen molar-refractivity contribution in [2.24, 2.45) is 0 Å². The summed E-state index contributed by atoms with van der Waals surface area (Å²) in [6, 6.07) is 32.6. The van der Waals surface area contributed by atoms with Crippen LogP contribution in [0.15, 0.2) is 134 Å². The Kier molecular flexibility index (Phi) is 15.0. The lowest BCUT2D eigenvalue weighted by Crippen LogP contribution is -2.18. The molecule has 0 unspecified atom stereocenters. The number of aromatic nitrogens is 6. The van der Waals surface area contributed by atoms with E-state index in [2.05, 4.69) is 60.6 Å². The van der Waals surface area contributed by atoms with Gasteiger partial charge in [0.1, 0.15) is 24.4 Å². The number of amides is 4. The molecule has 5 aromatic carbocycles. The third-order valence-corrected chi connectivity index (χ3v) is 10.6. The van der Waals surface area contributed by atoms with Crippen LogP contribution in [0.2, 0.25) is 10.0 Å². The molecule has 0 saturated carbocycles. The van der Waals surface area contributed by atoms with Gasteiger partial charge in [0.15, 0.2) is 11.6 Å². The number of halogens is 2. The molecule has 0 aliphatic heterocycles. The fourth-order valence-corrected chi connectivity index (χ4v) is 7.38. The average molecular weight is 1000 g/mol. The van der Waals surface area contributed by atoms with E-state index in [9.17, 15) is 33.6 Å². The standard InChI is InChI=1S/C26H20ClN5O5.C22H18ClN5O6/c27-17-9-10-19(18(12-17)24-31-26(35)37-32-24)30-25(34)21-11-16-7-4-8-20(23(16)29-21)28-22(33)14-36-13-15-5-2-1-3-6-15;1-2-33-18(30)10-17(29)24-15-5-3-4-11-8-16(25-19(11)15)21(31)26-14-7-6-12(23)9-13(14)20-27-22(32)34-28-20/h1-12,29H,13-14H2,(H,28,33)(H,30,34)(H,31,32,35);3-9,25H,2,10H2,1H3,(H,24,29)(H,26,31)(H,27,28,32). The van der Waals surface area contributed by atoms with Crippen molar-refractivity contribution < 1.29 is 42.5 Å². The zero-order valence-corrected chi connectivity index (χ0v) is 38.5. The predicted molar refractivity (Wildman–Crippen MR) is 262 cm³/mol. The normalized spacial score (nSPS) is 10.9. The highest BCUT2D eigenvalue weighted by Gasteiger charge is 2.20. The van der Waals surface area contributed by atoms with E-state index in [1.807, 2.05) is 36.4 Å². The van der Waals surface area contributed by atoms with Crippen molar-refractivity contribution in [3.8, 4) is 22.8 Å². The van der Waals surface area contributed by atoms with Gasteiger partial charge in [-0.15, -0.1) is 0 Å². The maximum Gasteiger partial charge on any atom is 0.439 e. The molecule has 0 saturated heterocycles. The first-order chi connectivity index (χ1) is 34.3. The summed E-state index contributed by atoms with van der Waals surface area (Å²) in [5.74, 6) is -3.70. The summed E-state index contributed by atoms with van der Waals surface area (Å²) in [6.45, 7) is 2.03. The third kappa shape index (κ3) is 12.2. The van der Waals surface area contributed by atoms with Gasteiger partial charge in [-0.3, -0.25) is 43.0 Å². The number of para-hydroxylation sites is 2. The minimum absolute atomic E-state index is 0.103. The number of aromatic amines is 4. The number of hydrogen-bond donors (Lipinski definition) is 8. The number of hydrogen-bond acceptors (Lipinski definition) is 13. The van der Waals surface area contributed by atoms with Crippen LogP contribution in [0.25, 0.3) is 44.6 Å². The maximum absolute atomic E-state index is 13.1. The number of carbonyl (C=O) groups is 5. The average Bonchev–Trinajstić information content (AvgIpc) is 4.18. The lowest BCUT2D eigenvalue weighted by Gasteiger charge is -2.09. The van der Waals surface area contributed by atoms with Crippen LogP contribution < -0.4 is 32.8 Å². The summed E-state index contributed by atoms with van der Waals surface area (Å²) in [7, 11) is 0.